The topological polar surface area (TPSA) is 119 Å². The predicted molar refractivity (Wildman–Crippen MR) is 103 cm³/mol. The van der Waals surface area contributed by atoms with Crippen LogP contribution < -0.4 is 0 Å². The van der Waals surface area contributed by atoms with Gasteiger partial charge in [-0.05, 0) is 25.5 Å². The summed E-state index contributed by atoms with van der Waals surface area (Å²) in [5.41, 5.74) is 1.29. The van der Waals surface area contributed by atoms with Crippen LogP contribution in [-0.2, 0) is 14.3 Å². The lowest BCUT2D eigenvalue weighted by Crippen LogP contribution is -2.46. The molecule has 1 aromatic carbocycles. The molecule has 8 nitrogen and oxygen atoms in total. The van der Waals surface area contributed by atoms with Crippen LogP contribution in [0.15, 0.2) is 30.0 Å². The molecule has 3 heterocycles. The zero-order valence-electron chi connectivity index (χ0n) is 15.1. The number of carbonyl (C=O) groups is 2. The first kappa shape index (κ1) is 18.4. The first-order valence-corrected chi connectivity index (χ1v) is 9.81. The number of nitrogens with zero attached hydrogens (tertiary/aromatic N) is 3. The van der Waals surface area contributed by atoms with Gasteiger partial charge < -0.3 is 19.7 Å². The van der Waals surface area contributed by atoms with Crippen molar-refractivity contribution in [2.24, 2.45) is 0 Å². The Morgan fingerprint density at radius 2 is 2.32 bits per heavy atom. The Bertz CT molecular complexity index is 1010. The third kappa shape index (κ3) is 2.99. The molecule has 28 heavy (non-hydrogen) atoms. The second-order valence-electron chi connectivity index (χ2n) is 6.91. The van der Waals surface area contributed by atoms with Crippen LogP contribution in [0.5, 0.6) is 0 Å². The molecule has 0 bridgehead atoms. The van der Waals surface area contributed by atoms with E-state index >= 15 is 0 Å². The second-order valence-corrected chi connectivity index (χ2v) is 8.41. The van der Waals surface area contributed by atoms with E-state index in [0.717, 1.165) is 5.52 Å². The van der Waals surface area contributed by atoms with Crippen molar-refractivity contribution >= 4 is 40.2 Å². The van der Waals surface area contributed by atoms with Gasteiger partial charge in [0.25, 0.3) is 0 Å². The monoisotopic (exact) mass is 398 g/mol. The summed E-state index contributed by atoms with van der Waals surface area (Å²) in [4.78, 5) is 33.1. The molecule has 2 aromatic rings. The van der Waals surface area contributed by atoms with Gasteiger partial charge in [-0.25, -0.2) is 9.78 Å². The van der Waals surface area contributed by atoms with Crippen molar-refractivity contribution in [1.29, 1.82) is 5.26 Å². The first-order chi connectivity index (χ1) is 13.4. The minimum atomic E-state index is -0.672. The second kappa shape index (κ2) is 6.87. The van der Waals surface area contributed by atoms with Gasteiger partial charge in [0.15, 0.2) is 11.6 Å². The molecule has 1 amide bonds. The highest BCUT2D eigenvalue weighted by molar-refractivity contribution is 8.01. The number of esters is 1. The smallest absolute Gasteiger partial charge is 0.330 e. The van der Waals surface area contributed by atoms with Gasteiger partial charge in [-0.3, -0.25) is 4.79 Å². The fourth-order valence-corrected chi connectivity index (χ4v) is 5.05. The van der Waals surface area contributed by atoms with Gasteiger partial charge in [-0.15, -0.1) is 11.8 Å². The highest BCUT2D eigenvalue weighted by Gasteiger charge is 2.53. The summed E-state index contributed by atoms with van der Waals surface area (Å²) in [6, 6.07) is 8.46. The van der Waals surface area contributed by atoms with Crippen molar-refractivity contribution in [1.82, 2.24) is 14.9 Å². The van der Waals surface area contributed by atoms with Crippen LogP contribution >= 0.6 is 11.8 Å². The number of amides is 1. The molecule has 2 N–H and O–H groups in total. The molecule has 144 valence electrons. The Morgan fingerprint density at radius 1 is 1.54 bits per heavy atom. The quantitative estimate of drug-likeness (QED) is 0.461. The minimum absolute atomic E-state index is 0.0609. The Morgan fingerprint density at radius 3 is 3.07 bits per heavy atom. The van der Waals surface area contributed by atoms with Gasteiger partial charge in [0.2, 0.25) is 5.91 Å². The number of aromatic amines is 1. The molecule has 1 aromatic heterocycles. The molecule has 0 unspecified atom stereocenters. The lowest BCUT2D eigenvalue weighted by Gasteiger charge is -2.29. The van der Waals surface area contributed by atoms with E-state index in [-0.39, 0.29) is 22.2 Å². The molecule has 2 atom stereocenters. The third-order valence-corrected chi connectivity index (χ3v) is 6.60. The van der Waals surface area contributed by atoms with E-state index in [1.807, 2.05) is 25.1 Å². The fraction of sp³-hybridized carbons (Fsp3) is 0.368. The number of carbonyl (C=O) groups excluding carboxylic acids is 2. The fourth-order valence-electron chi connectivity index (χ4n) is 3.63. The molecule has 4 rings (SSSR count). The molecular formula is C19H18N4O4S. The Kier molecular flexibility index (Phi) is 4.51. The number of aliphatic hydroxyl groups is 1. The largest absolute Gasteiger partial charge is 0.507 e. The first-order valence-electron chi connectivity index (χ1n) is 8.83. The Labute approximate surface area is 165 Å². The molecule has 0 radical (unpaired) electrons. The number of hydrogen-bond acceptors (Lipinski definition) is 7. The number of aliphatic hydroxyl groups excluding tert-OH is 1. The highest BCUT2D eigenvalue weighted by atomic mass is 32.2. The number of para-hydroxylation sites is 2. The Hall–Kier alpha value is -2.99. The molecule has 2 aliphatic heterocycles. The van der Waals surface area contributed by atoms with Gasteiger partial charge in [0.05, 0.1) is 15.9 Å². The number of thioether (sulfide) groups is 1. The summed E-state index contributed by atoms with van der Waals surface area (Å²) < 4.78 is 5.22. The van der Waals surface area contributed by atoms with Crippen molar-refractivity contribution in [3.05, 3.63) is 35.8 Å². The van der Waals surface area contributed by atoms with Crippen LogP contribution in [0.3, 0.4) is 0 Å². The predicted octanol–water partition coefficient (Wildman–Crippen LogP) is 2.35. The number of aromatic nitrogens is 2. The normalized spacial score (nSPS) is 24.8. The summed E-state index contributed by atoms with van der Waals surface area (Å²) in [5.74, 6) is -0.374. The number of rotatable bonds is 4. The van der Waals surface area contributed by atoms with Crippen LogP contribution in [-0.4, -0.2) is 55.1 Å². The highest BCUT2D eigenvalue weighted by Crippen LogP contribution is 2.47. The van der Waals surface area contributed by atoms with Crippen molar-refractivity contribution < 1.29 is 19.4 Å². The summed E-state index contributed by atoms with van der Waals surface area (Å²) in [7, 11) is 0. The lowest BCUT2D eigenvalue weighted by atomic mass is 10.2. The number of benzene rings is 1. The van der Waals surface area contributed by atoms with E-state index < -0.39 is 24.4 Å². The summed E-state index contributed by atoms with van der Waals surface area (Å²) in [5, 5.41) is 19.7. The number of nitrogens with one attached hydrogen (secondary N) is 1. The van der Waals surface area contributed by atoms with Crippen LogP contribution in [0.2, 0.25) is 0 Å². The number of imidazole rings is 1. The number of hydrogen-bond donors (Lipinski definition) is 2. The van der Waals surface area contributed by atoms with Gasteiger partial charge >= 0.3 is 5.97 Å². The molecule has 9 heteroatoms. The SMILES string of the molecule is C[C@]12CCC(=O)N1[C@H](C(=O)OC/C(O)=C(\C#N)c1nc3ccccc3[nH]1)CS2. The maximum Gasteiger partial charge on any atom is 0.330 e. The zero-order chi connectivity index (χ0) is 19.9. The summed E-state index contributed by atoms with van der Waals surface area (Å²) in [6.45, 7) is 1.49. The molecular weight excluding hydrogens is 380 g/mol. The average molecular weight is 398 g/mol. The van der Waals surface area contributed by atoms with Gasteiger partial charge in [0, 0.05) is 12.2 Å². The van der Waals surface area contributed by atoms with Crippen molar-refractivity contribution in [3.8, 4) is 6.07 Å². The third-order valence-electron chi connectivity index (χ3n) is 5.09. The van der Waals surface area contributed by atoms with Crippen LogP contribution in [0, 0.1) is 11.3 Å². The van der Waals surface area contributed by atoms with E-state index in [0.29, 0.717) is 24.1 Å². The van der Waals surface area contributed by atoms with Gasteiger partial charge in [-0.1, -0.05) is 12.1 Å². The van der Waals surface area contributed by atoms with Crippen molar-refractivity contribution in [2.45, 2.75) is 30.7 Å². The molecule has 2 saturated heterocycles. The summed E-state index contributed by atoms with van der Waals surface area (Å²) in [6.07, 6.45) is 1.12. The van der Waals surface area contributed by atoms with E-state index in [4.69, 9.17) is 4.74 Å². The molecule has 2 fully saturated rings. The van der Waals surface area contributed by atoms with Crippen LogP contribution in [0.25, 0.3) is 16.6 Å². The van der Waals surface area contributed by atoms with Crippen LogP contribution in [0.1, 0.15) is 25.6 Å². The number of fused-ring (bicyclic) bond motifs is 2. The van der Waals surface area contributed by atoms with Gasteiger partial charge in [-0.2, -0.15) is 5.26 Å². The number of allylic oxidation sites excluding steroid dienone is 1. The van der Waals surface area contributed by atoms with E-state index in [1.54, 1.807) is 28.8 Å². The maximum absolute atomic E-state index is 12.5. The minimum Gasteiger partial charge on any atom is -0.507 e. The van der Waals surface area contributed by atoms with E-state index in [1.165, 1.54) is 0 Å². The van der Waals surface area contributed by atoms with Crippen molar-refractivity contribution in [3.63, 3.8) is 0 Å². The van der Waals surface area contributed by atoms with Crippen LogP contribution in [0.4, 0.5) is 0 Å². The number of nitriles is 1. The van der Waals surface area contributed by atoms with Crippen molar-refractivity contribution in [2.75, 3.05) is 12.4 Å². The molecule has 2 aliphatic rings. The van der Waals surface area contributed by atoms with Gasteiger partial charge in [0.1, 0.15) is 24.3 Å². The average Bonchev–Trinajstić information content (AvgIpc) is 3.33. The molecule has 0 aliphatic carbocycles. The molecule has 0 spiro atoms. The number of ether oxygens (including phenoxy) is 1. The van der Waals surface area contributed by atoms with E-state index in [2.05, 4.69) is 9.97 Å². The lowest BCUT2D eigenvalue weighted by molar-refractivity contribution is -0.153. The maximum atomic E-state index is 12.5. The summed E-state index contributed by atoms with van der Waals surface area (Å²) >= 11 is 1.56. The zero-order valence-corrected chi connectivity index (χ0v) is 16.0. The van der Waals surface area contributed by atoms with E-state index in [9.17, 15) is 20.0 Å². The Balaban J connectivity index is 1.49. The molecule has 0 saturated carbocycles. The number of H-pyrrole nitrogens is 1. The standard InChI is InChI=1S/C19H18N4O4S/c1-19-7-6-16(25)23(19)14(10-28-19)18(26)27-9-15(24)11(8-20)17-21-12-4-2-3-5-13(12)22-17/h2-5,14,24H,6-7,9-10H2,1H3,(H,21,22)/b15-11-/t14-,19-/m0/s1.